The summed E-state index contributed by atoms with van der Waals surface area (Å²) < 4.78 is 17.1. The molecule has 0 aromatic heterocycles. The number of amides is 1. The Labute approximate surface area is 144 Å². The predicted molar refractivity (Wildman–Crippen MR) is 90.8 cm³/mol. The molecule has 6 nitrogen and oxygen atoms in total. The summed E-state index contributed by atoms with van der Waals surface area (Å²) in [6.45, 7) is 7.96. The first-order chi connectivity index (χ1) is 11.2. The SMILES string of the molecule is CNC(=O)O[C@@H]1CC[C@@](C)(O)[C@@H]([C@@]2(C)O[C@@H]2CC=C(C)C)[C@@H]1OC. The molecular weight excluding hydrogens is 310 g/mol. The fourth-order valence-electron chi connectivity index (χ4n) is 4.05. The quantitative estimate of drug-likeness (QED) is 0.593. The highest BCUT2D eigenvalue weighted by Crippen LogP contribution is 2.54. The highest BCUT2D eigenvalue weighted by Gasteiger charge is 2.66. The number of rotatable bonds is 5. The Morgan fingerprint density at radius 2 is 2.08 bits per heavy atom. The molecule has 0 aromatic carbocycles. The Morgan fingerprint density at radius 1 is 1.42 bits per heavy atom. The van der Waals surface area contributed by atoms with E-state index in [4.69, 9.17) is 14.2 Å². The lowest BCUT2D eigenvalue weighted by Gasteiger charge is -2.47. The fourth-order valence-corrected chi connectivity index (χ4v) is 4.05. The van der Waals surface area contributed by atoms with Gasteiger partial charge in [-0.2, -0.15) is 0 Å². The molecule has 138 valence electrons. The van der Waals surface area contributed by atoms with E-state index in [1.54, 1.807) is 7.11 Å². The van der Waals surface area contributed by atoms with E-state index in [0.717, 1.165) is 6.42 Å². The van der Waals surface area contributed by atoms with Crippen LogP contribution in [0.25, 0.3) is 0 Å². The van der Waals surface area contributed by atoms with E-state index >= 15 is 0 Å². The average molecular weight is 341 g/mol. The van der Waals surface area contributed by atoms with Gasteiger partial charge in [0.25, 0.3) is 0 Å². The number of methoxy groups -OCH3 is 1. The van der Waals surface area contributed by atoms with Gasteiger partial charge in [0.2, 0.25) is 0 Å². The molecule has 0 aromatic rings. The molecule has 1 saturated carbocycles. The molecule has 2 fully saturated rings. The fraction of sp³-hybridized carbons (Fsp3) is 0.833. The molecule has 2 rings (SSSR count). The minimum absolute atomic E-state index is 0.0419. The molecule has 1 aliphatic carbocycles. The number of carbonyl (C=O) groups excluding carboxylic acids is 1. The first-order valence-corrected chi connectivity index (χ1v) is 8.60. The van der Waals surface area contributed by atoms with Crippen molar-refractivity contribution < 1.29 is 24.1 Å². The van der Waals surface area contributed by atoms with E-state index in [-0.39, 0.29) is 12.0 Å². The van der Waals surface area contributed by atoms with E-state index < -0.39 is 29.5 Å². The lowest BCUT2D eigenvalue weighted by Crippen LogP contribution is -2.59. The zero-order valence-electron chi connectivity index (χ0n) is 15.6. The maximum absolute atomic E-state index is 11.6. The first kappa shape index (κ1) is 19.2. The zero-order chi connectivity index (χ0) is 18.1. The van der Waals surface area contributed by atoms with Gasteiger partial charge >= 0.3 is 6.09 Å². The number of carbonyl (C=O) groups is 1. The number of hydrogen-bond donors (Lipinski definition) is 2. The van der Waals surface area contributed by atoms with Crippen LogP contribution >= 0.6 is 0 Å². The summed E-state index contributed by atoms with van der Waals surface area (Å²) in [4.78, 5) is 11.6. The summed E-state index contributed by atoms with van der Waals surface area (Å²) in [7, 11) is 3.12. The predicted octanol–water partition coefficient (Wildman–Crippen LogP) is 2.40. The van der Waals surface area contributed by atoms with Crippen molar-refractivity contribution in [2.24, 2.45) is 5.92 Å². The molecule has 2 N–H and O–H groups in total. The minimum Gasteiger partial charge on any atom is -0.443 e. The molecule has 1 aliphatic heterocycles. The molecule has 6 heteroatoms. The van der Waals surface area contributed by atoms with E-state index in [2.05, 4.69) is 25.2 Å². The van der Waals surface area contributed by atoms with Gasteiger partial charge < -0.3 is 24.6 Å². The van der Waals surface area contributed by atoms with Crippen molar-refractivity contribution in [2.45, 2.75) is 76.5 Å². The van der Waals surface area contributed by atoms with Crippen LogP contribution in [0.3, 0.4) is 0 Å². The second-order valence-electron chi connectivity index (χ2n) is 7.58. The van der Waals surface area contributed by atoms with Gasteiger partial charge in [-0.15, -0.1) is 0 Å². The zero-order valence-corrected chi connectivity index (χ0v) is 15.6. The van der Waals surface area contributed by atoms with Crippen LogP contribution in [-0.4, -0.2) is 54.9 Å². The van der Waals surface area contributed by atoms with Gasteiger partial charge in [-0.3, -0.25) is 0 Å². The summed E-state index contributed by atoms with van der Waals surface area (Å²) in [6, 6.07) is 0. The van der Waals surface area contributed by atoms with Crippen molar-refractivity contribution in [3.05, 3.63) is 11.6 Å². The van der Waals surface area contributed by atoms with Gasteiger partial charge in [0.1, 0.15) is 17.8 Å². The standard InChI is InChI=1S/C18H31NO5/c1-11(2)7-8-13-18(4,24-13)15-14(22-6)12(23-16(20)19-5)9-10-17(15,3)21/h7,12-15,21H,8-10H2,1-6H3,(H,19,20)/t12-,13-,14-,15+,17-,18+/m1/s1. The van der Waals surface area contributed by atoms with Gasteiger partial charge in [0.05, 0.1) is 11.7 Å². The molecule has 1 saturated heterocycles. The van der Waals surface area contributed by atoms with E-state index in [9.17, 15) is 9.90 Å². The molecule has 0 spiro atoms. The number of nitrogens with one attached hydrogen (secondary N) is 1. The maximum atomic E-state index is 11.6. The Hall–Kier alpha value is -1.11. The van der Waals surface area contributed by atoms with Crippen molar-refractivity contribution >= 4 is 6.09 Å². The van der Waals surface area contributed by atoms with Gasteiger partial charge in [0, 0.05) is 20.1 Å². The number of epoxide rings is 1. The summed E-state index contributed by atoms with van der Waals surface area (Å²) >= 11 is 0. The van der Waals surface area contributed by atoms with Crippen LogP contribution in [0.15, 0.2) is 11.6 Å². The Kier molecular flexibility index (Phi) is 5.62. The number of alkyl carbamates (subject to hydrolysis) is 1. The second kappa shape index (κ2) is 7.02. The third-order valence-corrected chi connectivity index (χ3v) is 5.37. The summed E-state index contributed by atoms with van der Waals surface area (Å²) in [5, 5.41) is 13.5. The smallest absolute Gasteiger partial charge is 0.407 e. The third kappa shape index (κ3) is 3.76. The van der Waals surface area contributed by atoms with Gasteiger partial charge in [0.15, 0.2) is 0 Å². The summed E-state index contributed by atoms with van der Waals surface area (Å²) in [5.41, 5.74) is -0.175. The Bertz CT molecular complexity index is 500. The van der Waals surface area contributed by atoms with Gasteiger partial charge in [-0.05, 0) is 47.0 Å². The number of allylic oxidation sites excluding steroid dienone is 1. The van der Waals surface area contributed by atoms with E-state index in [0.29, 0.717) is 12.8 Å². The lowest BCUT2D eigenvalue weighted by molar-refractivity contribution is -0.171. The third-order valence-electron chi connectivity index (χ3n) is 5.37. The summed E-state index contributed by atoms with van der Waals surface area (Å²) in [5.74, 6) is -0.269. The molecule has 0 bridgehead atoms. The first-order valence-electron chi connectivity index (χ1n) is 8.60. The highest BCUT2D eigenvalue weighted by molar-refractivity contribution is 5.66. The van der Waals surface area contributed by atoms with Crippen LogP contribution in [0.4, 0.5) is 4.79 Å². The maximum Gasteiger partial charge on any atom is 0.407 e. The molecule has 1 heterocycles. The van der Waals surface area contributed by atoms with Gasteiger partial charge in [-0.25, -0.2) is 4.79 Å². The van der Waals surface area contributed by atoms with Crippen LogP contribution in [0.2, 0.25) is 0 Å². The van der Waals surface area contributed by atoms with E-state index in [1.807, 2.05) is 13.8 Å². The Morgan fingerprint density at radius 3 is 2.62 bits per heavy atom. The number of hydrogen-bond acceptors (Lipinski definition) is 5. The molecule has 6 atom stereocenters. The topological polar surface area (TPSA) is 80.3 Å². The molecule has 0 unspecified atom stereocenters. The normalized spacial score (nSPS) is 41.5. The van der Waals surface area contributed by atoms with Crippen molar-refractivity contribution in [3.8, 4) is 0 Å². The minimum atomic E-state index is -0.933. The molecule has 0 radical (unpaired) electrons. The van der Waals surface area contributed by atoms with Crippen molar-refractivity contribution in [1.29, 1.82) is 0 Å². The highest BCUT2D eigenvalue weighted by atomic mass is 16.6. The lowest BCUT2D eigenvalue weighted by atomic mass is 9.66. The molecule has 2 aliphatic rings. The van der Waals surface area contributed by atoms with Crippen LogP contribution in [0, 0.1) is 5.92 Å². The van der Waals surface area contributed by atoms with Gasteiger partial charge in [-0.1, -0.05) is 11.6 Å². The monoisotopic (exact) mass is 341 g/mol. The van der Waals surface area contributed by atoms with Crippen LogP contribution in [0.1, 0.15) is 47.0 Å². The number of aliphatic hydroxyl groups is 1. The largest absolute Gasteiger partial charge is 0.443 e. The molecule has 24 heavy (non-hydrogen) atoms. The molecular formula is C18H31NO5. The molecule has 1 amide bonds. The van der Waals surface area contributed by atoms with Crippen molar-refractivity contribution in [3.63, 3.8) is 0 Å². The van der Waals surface area contributed by atoms with Crippen molar-refractivity contribution in [2.75, 3.05) is 14.2 Å². The van der Waals surface area contributed by atoms with Crippen LogP contribution in [-0.2, 0) is 14.2 Å². The van der Waals surface area contributed by atoms with Crippen LogP contribution < -0.4 is 5.32 Å². The second-order valence-corrected chi connectivity index (χ2v) is 7.58. The number of ether oxygens (including phenoxy) is 3. The summed E-state index contributed by atoms with van der Waals surface area (Å²) in [6.07, 6.45) is 2.80. The van der Waals surface area contributed by atoms with Crippen LogP contribution in [0.5, 0.6) is 0 Å². The van der Waals surface area contributed by atoms with E-state index in [1.165, 1.54) is 12.6 Å². The average Bonchev–Trinajstić information content (AvgIpc) is 3.17. The Balaban J connectivity index is 2.20. The van der Waals surface area contributed by atoms with Crippen molar-refractivity contribution in [1.82, 2.24) is 5.32 Å².